The molecule has 0 bridgehead atoms. The summed E-state index contributed by atoms with van der Waals surface area (Å²) in [4.78, 5) is 10.3. The van der Waals surface area contributed by atoms with Crippen LogP contribution in [0.2, 0.25) is 5.02 Å². The van der Waals surface area contributed by atoms with Crippen LogP contribution in [0.25, 0.3) is 0 Å². The van der Waals surface area contributed by atoms with E-state index in [4.69, 9.17) is 17.3 Å². The first kappa shape index (κ1) is 15.9. The summed E-state index contributed by atoms with van der Waals surface area (Å²) in [6.07, 6.45) is 1.33. The fourth-order valence-corrected chi connectivity index (χ4v) is 2.88. The van der Waals surface area contributed by atoms with Gasteiger partial charge in [-0.05, 0) is 36.1 Å². The summed E-state index contributed by atoms with van der Waals surface area (Å²) in [6, 6.07) is 12.2. The highest BCUT2D eigenvalue weighted by Crippen LogP contribution is 2.24. The quantitative estimate of drug-likeness (QED) is 0.636. The van der Waals surface area contributed by atoms with Gasteiger partial charge in [0.25, 0.3) is 5.69 Å². The fourth-order valence-electron chi connectivity index (χ4n) is 2.14. The van der Waals surface area contributed by atoms with Crippen LogP contribution >= 0.6 is 27.5 Å². The molecule has 0 aliphatic heterocycles. The SMILES string of the molecule is NC(Cc1cccc(Cl)c1)Cc1ccc([N+](=O)[O-])cc1Br. The van der Waals surface area contributed by atoms with Gasteiger partial charge in [0, 0.05) is 27.7 Å². The normalized spacial score (nSPS) is 12.1. The van der Waals surface area contributed by atoms with Gasteiger partial charge in [0.15, 0.2) is 0 Å². The Labute approximate surface area is 136 Å². The molecular weight excluding hydrogens is 356 g/mol. The van der Waals surface area contributed by atoms with Gasteiger partial charge in [0.1, 0.15) is 0 Å². The number of nitrogens with two attached hydrogens (primary N) is 1. The van der Waals surface area contributed by atoms with Crippen LogP contribution in [0.3, 0.4) is 0 Å². The minimum atomic E-state index is -0.416. The van der Waals surface area contributed by atoms with Gasteiger partial charge >= 0.3 is 0 Å². The summed E-state index contributed by atoms with van der Waals surface area (Å²) in [5.41, 5.74) is 8.25. The molecule has 0 spiro atoms. The van der Waals surface area contributed by atoms with E-state index in [0.717, 1.165) is 11.1 Å². The summed E-state index contributed by atoms with van der Waals surface area (Å²) < 4.78 is 0.707. The van der Waals surface area contributed by atoms with E-state index >= 15 is 0 Å². The standard InChI is InChI=1S/C15H14BrClN2O2/c16-15-9-14(19(20)21)5-4-11(15)8-13(18)7-10-2-1-3-12(17)6-10/h1-6,9,13H,7-8,18H2. The number of benzene rings is 2. The summed E-state index contributed by atoms with van der Waals surface area (Å²) in [5.74, 6) is 0. The third-order valence-corrected chi connectivity index (χ3v) is 4.09. The zero-order valence-electron chi connectivity index (χ0n) is 11.1. The zero-order valence-corrected chi connectivity index (χ0v) is 13.5. The number of nitro benzene ring substituents is 1. The molecule has 21 heavy (non-hydrogen) atoms. The summed E-state index contributed by atoms with van der Waals surface area (Å²) in [5, 5.41) is 11.4. The van der Waals surface area contributed by atoms with Crippen molar-refractivity contribution >= 4 is 33.2 Å². The Balaban J connectivity index is 2.06. The summed E-state index contributed by atoms with van der Waals surface area (Å²) in [7, 11) is 0. The van der Waals surface area contributed by atoms with Crippen molar-refractivity contribution in [3.05, 3.63) is 73.2 Å². The van der Waals surface area contributed by atoms with Crippen molar-refractivity contribution in [3.8, 4) is 0 Å². The minimum absolute atomic E-state index is 0.0639. The van der Waals surface area contributed by atoms with Crippen LogP contribution in [0.4, 0.5) is 5.69 Å². The molecule has 0 fully saturated rings. The molecule has 0 radical (unpaired) electrons. The second-order valence-corrected chi connectivity index (χ2v) is 6.12. The molecule has 110 valence electrons. The van der Waals surface area contributed by atoms with E-state index in [9.17, 15) is 10.1 Å². The molecule has 0 saturated carbocycles. The minimum Gasteiger partial charge on any atom is -0.327 e. The van der Waals surface area contributed by atoms with Crippen molar-refractivity contribution in [2.24, 2.45) is 5.73 Å². The molecule has 1 atom stereocenters. The predicted octanol–water partition coefficient (Wildman–Crippen LogP) is 4.12. The van der Waals surface area contributed by atoms with Crippen LogP contribution in [0.5, 0.6) is 0 Å². The second-order valence-electron chi connectivity index (χ2n) is 4.83. The Morgan fingerprint density at radius 1 is 1.24 bits per heavy atom. The van der Waals surface area contributed by atoms with Gasteiger partial charge in [-0.2, -0.15) is 0 Å². The van der Waals surface area contributed by atoms with E-state index < -0.39 is 4.92 Å². The smallest absolute Gasteiger partial charge is 0.270 e. The monoisotopic (exact) mass is 368 g/mol. The van der Waals surface area contributed by atoms with Crippen molar-refractivity contribution in [2.45, 2.75) is 18.9 Å². The van der Waals surface area contributed by atoms with Crippen molar-refractivity contribution < 1.29 is 4.92 Å². The molecule has 6 heteroatoms. The van der Waals surface area contributed by atoms with E-state index in [1.807, 2.05) is 24.3 Å². The van der Waals surface area contributed by atoms with Gasteiger partial charge in [0.05, 0.1) is 4.92 Å². The molecule has 0 saturated heterocycles. The number of rotatable bonds is 5. The Morgan fingerprint density at radius 3 is 2.62 bits per heavy atom. The van der Waals surface area contributed by atoms with Gasteiger partial charge in [-0.15, -0.1) is 0 Å². The molecule has 1 unspecified atom stereocenters. The Kier molecular flexibility index (Phi) is 5.33. The van der Waals surface area contributed by atoms with E-state index in [-0.39, 0.29) is 11.7 Å². The van der Waals surface area contributed by atoms with Crippen LogP contribution in [0.15, 0.2) is 46.9 Å². The molecule has 0 amide bonds. The van der Waals surface area contributed by atoms with Gasteiger partial charge in [-0.3, -0.25) is 10.1 Å². The molecule has 0 heterocycles. The van der Waals surface area contributed by atoms with Crippen LogP contribution < -0.4 is 5.73 Å². The maximum atomic E-state index is 10.7. The average molecular weight is 370 g/mol. The van der Waals surface area contributed by atoms with Gasteiger partial charge < -0.3 is 5.73 Å². The molecule has 2 aromatic rings. The molecule has 0 aliphatic rings. The molecule has 2 N–H and O–H groups in total. The number of nitro groups is 1. The molecule has 2 rings (SSSR count). The summed E-state index contributed by atoms with van der Waals surface area (Å²) >= 11 is 9.31. The van der Waals surface area contributed by atoms with Gasteiger partial charge in [0.2, 0.25) is 0 Å². The maximum absolute atomic E-state index is 10.7. The van der Waals surface area contributed by atoms with Crippen LogP contribution in [-0.2, 0) is 12.8 Å². The lowest BCUT2D eigenvalue weighted by atomic mass is 9.99. The van der Waals surface area contributed by atoms with Crippen molar-refractivity contribution in [2.75, 3.05) is 0 Å². The molecular formula is C15H14BrClN2O2. The Morgan fingerprint density at radius 2 is 2.00 bits per heavy atom. The molecule has 0 aromatic heterocycles. The lowest BCUT2D eigenvalue weighted by Gasteiger charge is -2.13. The van der Waals surface area contributed by atoms with Crippen molar-refractivity contribution in [1.82, 2.24) is 0 Å². The molecule has 2 aromatic carbocycles. The van der Waals surface area contributed by atoms with Gasteiger partial charge in [-0.25, -0.2) is 0 Å². The predicted molar refractivity (Wildman–Crippen MR) is 87.6 cm³/mol. The number of halogens is 2. The van der Waals surface area contributed by atoms with Crippen molar-refractivity contribution in [3.63, 3.8) is 0 Å². The lowest BCUT2D eigenvalue weighted by molar-refractivity contribution is -0.384. The fraction of sp³-hybridized carbons (Fsp3) is 0.200. The highest BCUT2D eigenvalue weighted by Gasteiger charge is 2.12. The number of non-ortho nitro benzene ring substituents is 1. The molecule has 0 aliphatic carbocycles. The van der Waals surface area contributed by atoms with E-state index in [1.165, 1.54) is 12.1 Å². The topological polar surface area (TPSA) is 69.2 Å². The highest BCUT2D eigenvalue weighted by molar-refractivity contribution is 9.10. The Bertz CT molecular complexity index is 664. The number of hydrogen-bond donors (Lipinski definition) is 1. The van der Waals surface area contributed by atoms with E-state index in [0.29, 0.717) is 22.3 Å². The summed E-state index contributed by atoms with van der Waals surface area (Å²) in [6.45, 7) is 0. The van der Waals surface area contributed by atoms with Crippen LogP contribution in [-0.4, -0.2) is 11.0 Å². The maximum Gasteiger partial charge on any atom is 0.270 e. The average Bonchev–Trinajstić information content (AvgIpc) is 2.40. The number of nitrogens with zero attached hydrogens (tertiary/aromatic N) is 1. The van der Waals surface area contributed by atoms with E-state index in [2.05, 4.69) is 15.9 Å². The van der Waals surface area contributed by atoms with E-state index in [1.54, 1.807) is 6.07 Å². The second kappa shape index (κ2) is 7.02. The van der Waals surface area contributed by atoms with Gasteiger partial charge in [-0.1, -0.05) is 45.7 Å². The first-order valence-corrected chi connectivity index (χ1v) is 7.55. The first-order valence-electron chi connectivity index (χ1n) is 6.38. The number of hydrogen-bond acceptors (Lipinski definition) is 3. The lowest BCUT2D eigenvalue weighted by Crippen LogP contribution is -2.25. The third-order valence-electron chi connectivity index (χ3n) is 3.12. The van der Waals surface area contributed by atoms with Crippen molar-refractivity contribution in [1.29, 1.82) is 0 Å². The largest absolute Gasteiger partial charge is 0.327 e. The zero-order chi connectivity index (χ0) is 15.4. The third kappa shape index (κ3) is 4.52. The highest BCUT2D eigenvalue weighted by atomic mass is 79.9. The Hall–Kier alpha value is -1.43. The van der Waals surface area contributed by atoms with Crippen LogP contribution in [0, 0.1) is 10.1 Å². The molecule has 4 nitrogen and oxygen atoms in total. The van der Waals surface area contributed by atoms with Crippen LogP contribution in [0.1, 0.15) is 11.1 Å². The first-order chi connectivity index (χ1) is 9.95.